The van der Waals surface area contributed by atoms with Gasteiger partial charge in [0.25, 0.3) is 0 Å². The molecule has 2 aromatic rings. The van der Waals surface area contributed by atoms with Crippen molar-refractivity contribution in [2.75, 3.05) is 0 Å². The van der Waals surface area contributed by atoms with Crippen molar-refractivity contribution in [3.63, 3.8) is 0 Å². The molecule has 1 aromatic carbocycles. The van der Waals surface area contributed by atoms with Crippen molar-refractivity contribution in [1.82, 2.24) is 5.43 Å². The first-order valence-electron chi connectivity index (χ1n) is 5.61. The van der Waals surface area contributed by atoms with Crippen LogP contribution in [0.1, 0.15) is 27.4 Å². The molecule has 0 spiro atoms. The Kier molecular flexibility index (Phi) is 3.57. The average Bonchev–Trinajstić information content (AvgIpc) is 2.76. The molecule has 0 saturated carbocycles. The summed E-state index contributed by atoms with van der Waals surface area (Å²) in [5.41, 5.74) is 4.50. The van der Waals surface area contributed by atoms with Crippen LogP contribution < -0.4 is 5.43 Å². The van der Waals surface area contributed by atoms with E-state index in [1.165, 1.54) is 0 Å². The summed E-state index contributed by atoms with van der Waals surface area (Å²) < 4.78 is 5.18. The van der Waals surface area contributed by atoms with Crippen LogP contribution in [0.25, 0.3) is 0 Å². The van der Waals surface area contributed by atoms with Gasteiger partial charge in [-0.15, -0.1) is 0 Å². The number of rotatable bonds is 3. The van der Waals surface area contributed by atoms with E-state index in [-0.39, 0.29) is 11.7 Å². The molecule has 4 heteroatoms. The molecule has 18 heavy (non-hydrogen) atoms. The fraction of sp³-hybridized carbons (Fsp3) is 0.143. The van der Waals surface area contributed by atoms with Crippen molar-refractivity contribution in [2.24, 2.45) is 5.10 Å². The van der Waals surface area contributed by atoms with Gasteiger partial charge < -0.3 is 4.42 Å². The summed E-state index contributed by atoms with van der Waals surface area (Å²) in [7, 11) is 0. The summed E-state index contributed by atoms with van der Waals surface area (Å²) in [5.74, 6) is 0.601. The lowest BCUT2D eigenvalue weighted by molar-refractivity contribution is 0.0926. The van der Waals surface area contributed by atoms with E-state index in [1.807, 2.05) is 31.2 Å². The first-order chi connectivity index (χ1) is 8.65. The number of hydrazone groups is 1. The number of aryl methyl sites for hydroxylation is 2. The minimum atomic E-state index is -0.355. The van der Waals surface area contributed by atoms with Crippen LogP contribution in [-0.4, -0.2) is 12.1 Å². The van der Waals surface area contributed by atoms with Crippen LogP contribution >= 0.6 is 0 Å². The maximum Gasteiger partial charge on any atom is 0.307 e. The monoisotopic (exact) mass is 242 g/mol. The first-order valence-corrected chi connectivity index (χ1v) is 5.61. The second-order valence-electron chi connectivity index (χ2n) is 4.02. The maximum absolute atomic E-state index is 11.6. The molecule has 0 aliphatic rings. The molecule has 0 bridgehead atoms. The standard InChI is InChI=1S/C14H14N2O2/c1-10-4-3-5-12(8-10)9-15-16-14(17)13-7-6-11(2)18-13/h3-9H,1-2H3,(H,16,17)/b15-9+. The van der Waals surface area contributed by atoms with Crippen LogP contribution in [0.3, 0.4) is 0 Å². The van der Waals surface area contributed by atoms with E-state index < -0.39 is 0 Å². The van der Waals surface area contributed by atoms with Gasteiger partial charge in [-0.05, 0) is 31.5 Å². The van der Waals surface area contributed by atoms with Crippen molar-refractivity contribution < 1.29 is 9.21 Å². The summed E-state index contributed by atoms with van der Waals surface area (Å²) in [6.45, 7) is 3.79. The Labute approximate surface area is 105 Å². The molecule has 1 amide bonds. The van der Waals surface area contributed by atoms with E-state index >= 15 is 0 Å². The van der Waals surface area contributed by atoms with Gasteiger partial charge in [-0.2, -0.15) is 5.10 Å². The smallest absolute Gasteiger partial charge is 0.307 e. The molecule has 0 radical (unpaired) electrons. The molecule has 4 nitrogen and oxygen atoms in total. The number of carbonyl (C=O) groups excluding carboxylic acids is 1. The van der Waals surface area contributed by atoms with E-state index in [2.05, 4.69) is 10.5 Å². The zero-order valence-electron chi connectivity index (χ0n) is 10.3. The topological polar surface area (TPSA) is 54.6 Å². The predicted octanol–water partition coefficient (Wildman–Crippen LogP) is 2.66. The molecule has 92 valence electrons. The van der Waals surface area contributed by atoms with Crippen LogP contribution in [-0.2, 0) is 0 Å². The largest absolute Gasteiger partial charge is 0.456 e. The van der Waals surface area contributed by atoms with Gasteiger partial charge in [0, 0.05) is 0 Å². The minimum Gasteiger partial charge on any atom is -0.456 e. The molecule has 0 aliphatic carbocycles. The number of amides is 1. The molecule has 0 atom stereocenters. The quantitative estimate of drug-likeness (QED) is 0.664. The third-order valence-electron chi connectivity index (χ3n) is 2.39. The van der Waals surface area contributed by atoms with Crippen LogP contribution in [0.2, 0.25) is 0 Å². The van der Waals surface area contributed by atoms with Gasteiger partial charge in [-0.3, -0.25) is 4.79 Å². The fourth-order valence-corrected chi connectivity index (χ4v) is 1.53. The van der Waals surface area contributed by atoms with E-state index in [4.69, 9.17) is 4.42 Å². The molecule has 1 aromatic heterocycles. The van der Waals surface area contributed by atoms with Gasteiger partial charge in [0.2, 0.25) is 0 Å². The molecule has 0 aliphatic heterocycles. The van der Waals surface area contributed by atoms with Crippen molar-refractivity contribution in [1.29, 1.82) is 0 Å². The van der Waals surface area contributed by atoms with Crippen molar-refractivity contribution in [3.05, 3.63) is 59.0 Å². The van der Waals surface area contributed by atoms with Crippen LogP contribution in [0.5, 0.6) is 0 Å². The lowest BCUT2D eigenvalue weighted by Gasteiger charge is -1.97. The van der Waals surface area contributed by atoms with Gasteiger partial charge in [0.15, 0.2) is 5.76 Å². The number of furan rings is 1. The van der Waals surface area contributed by atoms with E-state index in [1.54, 1.807) is 25.3 Å². The molecule has 0 unspecified atom stereocenters. The third-order valence-corrected chi connectivity index (χ3v) is 2.39. The van der Waals surface area contributed by atoms with Crippen LogP contribution in [0.15, 0.2) is 45.9 Å². The van der Waals surface area contributed by atoms with Crippen molar-refractivity contribution >= 4 is 12.1 Å². The second kappa shape index (κ2) is 5.31. The van der Waals surface area contributed by atoms with E-state index in [0.717, 1.165) is 11.1 Å². The lowest BCUT2D eigenvalue weighted by Crippen LogP contribution is -2.16. The summed E-state index contributed by atoms with van der Waals surface area (Å²) in [6, 6.07) is 11.2. The molecule has 1 heterocycles. The molecule has 0 saturated heterocycles. The number of benzene rings is 1. The van der Waals surface area contributed by atoms with Crippen molar-refractivity contribution in [3.8, 4) is 0 Å². The summed E-state index contributed by atoms with van der Waals surface area (Å²) >= 11 is 0. The Bertz CT molecular complexity index is 585. The van der Waals surface area contributed by atoms with Crippen LogP contribution in [0, 0.1) is 13.8 Å². The highest BCUT2D eigenvalue weighted by Crippen LogP contribution is 2.05. The number of hydrogen-bond donors (Lipinski definition) is 1. The number of hydrogen-bond acceptors (Lipinski definition) is 3. The summed E-state index contributed by atoms with van der Waals surface area (Å²) in [6.07, 6.45) is 1.60. The summed E-state index contributed by atoms with van der Waals surface area (Å²) in [5, 5.41) is 3.88. The van der Waals surface area contributed by atoms with Crippen LogP contribution in [0.4, 0.5) is 0 Å². The zero-order valence-corrected chi connectivity index (χ0v) is 10.3. The molecular formula is C14H14N2O2. The average molecular weight is 242 g/mol. The van der Waals surface area contributed by atoms with Gasteiger partial charge in [-0.25, -0.2) is 5.43 Å². The van der Waals surface area contributed by atoms with Gasteiger partial charge >= 0.3 is 5.91 Å². The maximum atomic E-state index is 11.6. The van der Waals surface area contributed by atoms with Gasteiger partial charge in [-0.1, -0.05) is 29.8 Å². The number of nitrogens with one attached hydrogen (secondary N) is 1. The lowest BCUT2D eigenvalue weighted by atomic mass is 10.2. The van der Waals surface area contributed by atoms with E-state index in [0.29, 0.717) is 5.76 Å². The SMILES string of the molecule is Cc1cccc(/C=N/NC(=O)c2ccc(C)o2)c1. The Balaban J connectivity index is 1.97. The predicted molar refractivity (Wildman–Crippen MR) is 69.7 cm³/mol. The Morgan fingerprint density at radius 1 is 1.28 bits per heavy atom. The Morgan fingerprint density at radius 3 is 2.78 bits per heavy atom. The van der Waals surface area contributed by atoms with Gasteiger partial charge in [0.1, 0.15) is 5.76 Å². The fourth-order valence-electron chi connectivity index (χ4n) is 1.53. The molecule has 0 fully saturated rings. The highest BCUT2D eigenvalue weighted by atomic mass is 16.3. The molecule has 1 N–H and O–H groups in total. The number of carbonyl (C=O) groups is 1. The van der Waals surface area contributed by atoms with E-state index in [9.17, 15) is 4.79 Å². The normalized spacial score (nSPS) is 10.8. The highest BCUT2D eigenvalue weighted by molar-refractivity contribution is 5.92. The molecule has 2 rings (SSSR count). The first kappa shape index (κ1) is 12.1. The Morgan fingerprint density at radius 2 is 2.11 bits per heavy atom. The summed E-state index contributed by atoms with van der Waals surface area (Å²) in [4.78, 5) is 11.6. The van der Waals surface area contributed by atoms with Gasteiger partial charge in [0.05, 0.1) is 6.21 Å². The minimum absolute atomic E-state index is 0.258. The van der Waals surface area contributed by atoms with Crippen molar-refractivity contribution in [2.45, 2.75) is 13.8 Å². The number of nitrogens with zero attached hydrogens (tertiary/aromatic N) is 1. The second-order valence-corrected chi connectivity index (χ2v) is 4.02. The highest BCUT2D eigenvalue weighted by Gasteiger charge is 2.07. The zero-order chi connectivity index (χ0) is 13.0. The molecular weight excluding hydrogens is 228 g/mol. The third kappa shape index (κ3) is 3.07. The Hall–Kier alpha value is -2.36.